The Kier molecular flexibility index (Phi) is 5.80. The quantitative estimate of drug-likeness (QED) is 0.522. The molecule has 1 amide bonds. The van der Waals surface area contributed by atoms with Gasteiger partial charge in [-0.25, -0.2) is 0 Å². The van der Waals surface area contributed by atoms with Gasteiger partial charge in [-0.05, 0) is 62.7 Å². The van der Waals surface area contributed by atoms with E-state index in [4.69, 9.17) is 16.3 Å². The summed E-state index contributed by atoms with van der Waals surface area (Å²) in [5.74, 6) is 0.199. The van der Waals surface area contributed by atoms with Crippen LogP contribution in [0.5, 0.6) is 5.75 Å². The first kappa shape index (κ1) is 21.0. The van der Waals surface area contributed by atoms with Crippen LogP contribution in [0.1, 0.15) is 35.5 Å². The van der Waals surface area contributed by atoms with Gasteiger partial charge in [-0.1, -0.05) is 11.6 Å². The Labute approximate surface area is 171 Å². The summed E-state index contributed by atoms with van der Waals surface area (Å²) in [5.41, 5.74) is 0.997. The Balaban J connectivity index is 2.02. The number of hydrogen-bond donors (Lipinski definition) is 1. The zero-order valence-electron chi connectivity index (χ0n) is 16.2. The zero-order valence-corrected chi connectivity index (χ0v) is 16.9. The van der Waals surface area contributed by atoms with Crippen molar-refractivity contribution in [3.05, 3.63) is 58.2 Å². The van der Waals surface area contributed by atoms with E-state index in [1.807, 2.05) is 43.5 Å². The molecule has 0 aliphatic heterocycles. The van der Waals surface area contributed by atoms with Gasteiger partial charge in [-0.15, -0.1) is 0 Å². The van der Waals surface area contributed by atoms with Gasteiger partial charge in [-0.3, -0.25) is 4.79 Å². The number of halogens is 4. The highest BCUT2D eigenvalue weighted by Crippen LogP contribution is 2.36. The van der Waals surface area contributed by atoms with Crippen molar-refractivity contribution in [2.24, 2.45) is 0 Å². The smallest absolute Gasteiger partial charge is 0.417 e. The predicted molar refractivity (Wildman–Crippen MR) is 108 cm³/mol. The molecule has 29 heavy (non-hydrogen) atoms. The molecule has 0 fully saturated rings. The Hall–Kier alpha value is -2.67. The molecule has 3 aromatic rings. The Morgan fingerprint density at radius 3 is 2.52 bits per heavy atom. The van der Waals surface area contributed by atoms with Crippen molar-refractivity contribution in [2.45, 2.75) is 33.5 Å². The summed E-state index contributed by atoms with van der Waals surface area (Å²) in [6, 6.07) is 8.86. The van der Waals surface area contributed by atoms with Crippen LogP contribution in [-0.4, -0.2) is 17.1 Å². The number of carbonyl (C=O) groups is 1. The van der Waals surface area contributed by atoms with Crippen molar-refractivity contribution in [3.8, 4) is 5.75 Å². The maximum Gasteiger partial charge on any atom is 0.417 e. The summed E-state index contributed by atoms with van der Waals surface area (Å²) < 4.78 is 46.7. The fraction of sp³-hybridized carbons (Fsp3) is 0.286. The number of amides is 1. The lowest BCUT2D eigenvalue weighted by molar-refractivity contribution is -0.137. The first-order chi connectivity index (χ1) is 13.7. The minimum Gasteiger partial charge on any atom is -0.494 e. The minimum absolute atomic E-state index is 0.0223. The van der Waals surface area contributed by atoms with Crippen LogP contribution < -0.4 is 10.1 Å². The summed E-state index contributed by atoms with van der Waals surface area (Å²) in [4.78, 5) is 13.0. The van der Waals surface area contributed by atoms with E-state index in [2.05, 4.69) is 5.32 Å². The molecular weight excluding hydrogens is 405 g/mol. The summed E-state index contributed by atoms with van der Waals surface area (Å²) in [7, 11) is 0. The Morgan fingerprint density at radius 1 is 1.17 bits per heavy atom. The van der Waals surface area contributed by atoms with Crippen molar-refractivity contribution < 1.29 is 22.7 Å². The third kappa shape index (κ3) is 4.05. The molecule has 0 aliphatic carbocycles. The molecule has 1 heterocycles. The van der Waals surface area contributed by atoms with Crippen LogP contribution in [0.25, 0.3) is 10.9 Å². The zero-order chi connectivity index (χ0) is 21.3. The predicted octanol–water partition coefficient (Wildman–Crippen LogP) is 6.29. The topological polar surface area (TPSA) is 43.3 Å². The summed E-state index contributed by atoms with van der Waals surface area (Å²) in [5, 5.41) is 3.00. The van der Waals surface area contributed by atoms with E-state index < -0.39 is 22.7 Å². The highest BCUT2D eigenvalue weighted by molar-refractivity contribution is 6.31. The van der Waals surface area contributed by atoms with Crippen LogP contribution in [0.15, 0.2) is 36.4 Å². The number of nitrogens with zero attached hydrogens (tertiary/aromatic N) is 1. The second-order valence-corrected chi connectivity index (χ2v) is 6.88. The highest BCUT2D eigenvalue weighted by Gasteiger charge is 2.33. The van der Waals surface area contributed by atoms with Gasteiger partial charge in [0.1, 0.15) is 11.4 Å². The Bertz CT molecular complexity index is 1070. The molecule has 4 nitrogen and oxygen atoms in total. The van der Waals surface area contributed by atoms with Crippen molar-refractivity contribution in [1.82, 2.24) is 4.57 Å². The van der Waals surface area contributed by atoms with Crippen LogP contribution in [-0.2, 0) is 12.7 Å². The molecule has 0 unspecified atom stereocenters. The third-order valence-corrected chi connectivity index (χ3v) is 4.99. The van der Waals surface area contributed by atoms with E-state index in [0.717, 1.165) is 28.6 Å². The normalized spacial score (nSPS) is 11.7. The minimum atomic E-state index is -4.61. The van der Waals surface area contributed by atoms with Crippen LogP contribution >= 0.6 is 11.6 Å². The van der Waals surface area contributed by atoms with E-state index in [1.165, 1.54) is 6.07 Å². The number of carbonyl (C=O) groups excluding carboxylic acids is 1. The monoisotopic (exact) mass is 424 g/mol. The number of fused-ring (bicyclic) bond motifs is 1. The molecule has 0 radical (unpaired) electrons. The highest BCUT2D eigenvalue weighted by atomic mass is 35.5. The number of rotatable bonds is 5. The molecule has 0 spiro atoms. The molecule has 1 aromatic heterocycles. The first-order valence-corrected chi connectivity index (χ1v) is 9.48. The van der Waals surface area contributed by atoms with Gasteiger partial charge in [0.05, 0.1) is 17.2 Å². The van der Waals surface area contributed by atoms with Gasteiger partial charge >= 0.3 is 6.18 Å². The molecular formula is C21H20ClF3N2O2. The number of alkyl halides is 3. The molecule has 0 saturated heterocycles. The summed E-state index contributed by atoms with van der Waals surface area (Å²) in [6.07, 6.45) is -4.61. The lowest BCUT2D eigenvalue weighted by Crippen LogP contribution is -2.18. The number of nitrogens with one attached hydrogen (secondary N) is 1. The van der Waals surface area contributed by atoms with E-state index in [9.17, 15) is 18.0 Å². The second-order valence-electron chi connectivity index (χ2n) is 6.48. The largest absolute Gasteiger partial charge is 0.494 e. The SMILES string of the molecule is CCOc1ccc2c(c1)c(C)c(C(=O)Nc1ccc(Cl)c(C(F)(F)F)c1)n2CC. The number of ether oxygens (including phenoxy) is 1. The number of hydrogen-bond acceptors (Lipinski definition) is 2. The fourth-order valence-corrected chi connectivity index (χ4v) is 3.61. The van der Waals surface area contributed by atoms with Crippen LogP contribution in [0.2, 0.25) is 5.02 Å². The van der Waals surface area contributed by atoms with Crippen LogP contribution in [0, 0.1) is 6.92 Å². The van der Waals surface area contributed by atoms with Gasteiger partial charge in [0.15, 0.2) is 0 Å². The van der Waals surface area contributed by atoms with Crippen LogP contribution in [0.4, 0.5) is 18.9 Å². The molecule has 0 aliphatic rings. The van der Waals surface area contributed by atoms with E-state index >= 15 is 0 Å². The van der Waals surface area contributed by atoms with E-state index in [-0.39, 0.29) is 5.69 Å². The average Bonchev–Trinajstić information content (AvgIpc) is 2.94. The van der Waals surface area contributed by atoms with E-state index in [1.54, 1.807) is 0 Å². The van der Waals surface area contributed by atoms with Crippen molar-refractivity contribution in [3.63, 3.8) is 0 Å². The lowest BCUT2D eigenvalue weighted by Gasteiger charge is -2.13. The number of benzene rings is 2. The van der Waals surface area contributed by atoms with Crippen molar-refractivity contribution in [1.29, 1.82) is 0 Å². The lowest BCUT2D eigenvalue weighted by atomic mass is 10.1. The van der Waals surface area contributed by atoms with Gasteiger partial charge in [-0.2, -0.15) is 13.2 Å². The van der Waals surface area contributed by atoms with Gasteiger partial charge in [0, 0.05) is 23.1 Å². The summed E-state index contributed by atoms with van der Waals surface area (Å²) in [6.45, 7) is 6.63. The molecule has 1 N–H and O–H groups in total. The number of aryl methyl sites for hydroxylation is 2. The average molecular weight is 425 g/mol. The van der Waals surface area contributed by atoms with Crippen molar-refractivity contribution >= 4 is 34.1 Å². The third-order valence-electron chi connectivity index (χ3n) is 4.66. The van der Waals surface area contributed by atoms with Gasteiger partial charge in [0.25, 0.3) is 5.91 Å². The van der Waals surface area contributed by atoms with Crippen molar-refractivity contribution in [2.75, 3.05) is 11.9 Å². The molecule has 2 aromatic carbocycles. The first-order valence-electron chi connectivity index (χ1n) is 9.11. The fourth-order valence-electron chi connectivity index (χ4n) is 3.39. The molecule has 3 rings (SSSR count). The molecule has 0 bridgehead atoms. The standard InChI is InChI=1S/C21H20ClF3N2O2/c1-4-27-18-9-7-14(29-5-2)11-15(18)12(3)19(27)20(28)26-13-6-8-17(22)16(10-13)21(23,24)25/h6-11H,4-5H2,1-3H3,(H,26,28). The number of aromatic nitrogens is 1. The molecule has 154 valence electrons. The molecule has 0 atom stereocenters. The Morgan fingerprint density at radius 2 is 1.90 bits per heavy atom. The second kappa shape index (κ2) is 7.99. The van der Waals surface area contributed by atoms with E-state index in [0.29, 0.717) is 24.6 Å². The maximum atomic E-state index is 13.1. The number of anilines is 1. The molecule has 8 heteroatoms. The maximum absolute atomic E-state index is 13.1. The summed E-state index contributed by atoms with van der Waals surface area (Å²) >= 11 is 5.65. The van der Waals surface area contributed by atoms with Crippen LogP contribution in [0.3, 0.4) is 0 Å². The van der Waals surface area contributed by atoms with Gasteiger partial charge < -0.3 is 14.6 Å². The molecule has 0 saturated carbocycles. The van der Waals surface area contributed by atoms with Gasteiger partial charge in [0.2, 0.25) is 0 Å².